The van der Waals surface area contributed by atoms with Crippen molar-refractivity contribution >= 4 is 17.4 Å². The fourth-order valence-electron chi connectivity index (χ4n) is 3.05. The fraction of sp³-hybridized carbons (Fsp3) is 0.812. The normalized spacial score (nSPS) is 12.5. The van der Waals surface area contributed by atoms with E-state index in [0.29, 0.717) is 24.2 Å². The zero-order chi connectivity index (χ0) is 14.9. The highest BCUT2D eigenvalue weighted by Gasteiger charge is 2.36. The lowest BCUT2D eigenvalue weighted by Crippen LogP contribution is -2.41. The van der Waals surface area contributed by atoms with Crippen LogP contribution in [0, 0.1) is 0 Å². The number of anilines is 1. The van der Waals surface area contributed by atoms with Gasteiger partial charge >= 0.3 is 0 Å². The standard InChI is InChI=1S/C16H31N2S/c1-10(2)17(11(3)4)14-15(16(14)19-9)18(12(5)6)13(7)8/h10-13H,1-9H3/q+1. The molecule has 0 spiro atoms. The van der Waals surface area contributed by atoms with Gasteiger partial charge in [-0.05, 0) is 61.6 Å². The van der Waals surface area contributed by atoms with E-state index in [4.69, 9.17) is 0 Å². The van der Waals surface area contributed by atoms with Crippen LogP contribution in [0.5, 0.6) is 0 Å². The molecule has 0 atom stereocenters. The average Bonchev–Trinajstić information content (AvgIpc) is 2.89. The SMILES string of the molecule is CSc1c(N(C(C)C)C(C)C)c1=[N+](C(C)C)C(C)C. The van der Waals surface area contributed by atoms with Crippen LogP contribution in [0.1, 0.15) is 55.4 Å². The van der Waals surface area contributed by atoms with Gasteiger partial charge in [0.2, 0.25) is 5.36 Å². The van der Waals surface area contributed by atoms with Crippen LogP contribution in [0.4, 0.5) is 5.69 Å². The monoisotopic (exact) mass is 283 g/mol. The summed E-state index contributed by atoms with van der Waals surface area (Å²) in [6, 6.07) is 2.21. The van der Waals surface area contributed by atoms with E-state index in [0.717, 1.165) is 0 Å². The van der Waals surface area contributed by atoms with Gasteiger partial charge in [-0.2, -0.15) is 0 Å². The van der Waals surface area contributed by atoms with Gasteiger partial charge in [-0.25, -0.2) is 4.58 Å². The van der Waals surface area contributed by atoms with E-state index in [9.17, 15) is 0 Å². The van der Waals surface area contributed by atoms with E-state index in [1.54, 1.807) is 0 Å². The third-order valence-corrected chi connectivity index (χ3v) is 4.33. The van der Waals surface area contributed by atoms with Crippen LogP contribution in [0.15, 0.2) is 4.90 Å². The summed E-state index contributed by atoms with van der Waals surface area (Å²) in [5, 5.41) is 1.49. The second-order valence-electron chi connectivity index (χ2n) is 6.42. The van der Waals surface area contributed by atoms with Crippen LogP contribution in [0.2, 0.25) is 0 Å². The maximum atomic E-state index is 2.55. The molecule has 3 heteroatoms. The average molecular weight is 284 g/mol. The molecule has 0 aliphatic rings. The molecule has 0 saturated heterocycles. The van der Waals surface area contributed by atoms with E-state index in [1.165, 1.54) is 15.9 Å². The van der Waals surface area contributed by atoms with Crippen LogP contribution >= 0.6 is 11.8 Å². The van der Waals surface area contributed by atoms with Gasteiger partial charge in [0.25, 0.3) is 0 Å². The number of thioether (sulfide) groups is 1. The Labute approximate surface area is 123 Å². The van der Waals surface area contributed by atoms with Gasteiger partial charge in [-0.15, -0.1) is 11.8 Å². The van der Waals surface area contributed by atoms with Crippen molar-refractivity contribution in [1.82, 2.24) is 4.58 Å². The largest absolute Gasteiger partial charge is 0.360 e. The van der Waals surface area contributed by atoms with Gasteiger partial charge in [0.15, 0.2) is 0 Å². The summed E-state index contributed by atoms with van der Waals surface area (Å²) in [6.45, 7) is 18.3. The lowest BCUT2D eigenvalue weighted by atomic mass is 10.2. The second-order valence-corrected chi connectivity index (χ2v) is 7.24. The maximum absolute atomic E-state index is 2.55. The minimum atomic E-state index is 0.552. The summed E-state index contributed by atoms with van der Waals surface area (Å²) >= 11 is 1.89. The molecule has 0 unspecified atom stereocenters. The van der Waals surface area contributed by atoms with Crippen LogP contribution in [-0.2, 0) is 0 Å². The number of rotatable bonds is 6. The van der Waals surface area contributed by atoms with Crippen molar-refractivity contribution < 1.29 is 0 Å². The molecule has 1 rings (SSSR count). The quantitative estimate of drug-likeness (QED) is 0.582. The molecule has 0 aromatic heterocycles. The molecule has 0 saturated carbocycles. The maximum Gasteiger partial charge on any atom is 0.241 e. The van der Waals surface area contributed by atoms with Gasteiger partial charge in [-0.3, -0.25) is 0 Å². The molecule has 0 bridgehead atoms. The van der Waals surface area contributed by atoms with Crippen molar-refractivity contribution in [3.05, 3.63) is 5.36 Å². The van der Waals surface area contributed by atoms with Crippen molar-refractivity contribution in [3.8, 4) is 0 Å². The van der Waals surface area contributed by atoms with Gasteiger partial charge in [0.05, 0.1) is 0 Å². The summed E-state index contributed by atoms with van der Waals surface area (Å²) in [7, 11) is 0. The highest BCUT2D eigenvalue weighted by Crippen LogP contribution is 2.34. The Bertz CT molecular complexity index is 417. The van der Waals surface area contributed by atoms with E-state index in [2.05, 4.69) is 71.1 Å². The Morgan fingerprint density at radius 2 is 1.26 bits per heavy atom. The lowest BCUT2D eigenvalue weighted by Gasteiger charge is -2.29. The van der Waals surface area contributed by atoms with E-state index >= 15 is 0 Å². The Morgan fingerprint density at radius 1 is 0.842 bits per heavy atom. The predicted molar refractivity (Wildman–Crippen MR) is 88.9 cm³/mol. The Balaban J connectivity index is 3.36. The first-order valence-electron chi connectivity index (χ1n) is 7.46. The molecule has 0 radical (unpaired) electrons. The highest BCUT2D eigenvalue weighted by molar-refractivity contribution is 7.99. The second kappa shape index (κ2) is 6.34. The van der Waals surface area contributed by atoms with Crippen LogP contribution in [-0.4, -0.2) is 30.4 Å². The molecule has 0 fully saturated rings. The van der Waals surface area contributed by atoms with Crippen molar-refractivity contribution in [3.63, 3.8) is 0 Å². The Morgan fingerprint density at radius 3 is 1.53 bits per heavy atom. The molecular weight excluding hydrogens is 252 g/mol. The molecule has 0 aliphatic carbocycles. The van der Waals surface area contributed by atoms with E-state index in [-0.39, 0.29) is 0 Å². The topological polar surface area (TPSA) is 6.25 Å². The molecular formula is C16H31N2S+. The predicted octanol–water partition coefficient (Wildman–Crippen LogP) is 3.50. The van der Waals surface area contributed by atoms with Gasteiger partial charge in [0.1, 0.15) is 22.7 Å². The molecule has 1 aromatic carbocycles. The third kappa shape index (κ3) is 3.36. The zero-order valence-corrected chi connectivity index (χ0v) is 14.9. The van der Waals surface area contributed by atoms with Crippen LogP contribution < -0.4 is 14.8 Å². The molecule has 110 valence electrons. The fourth-order valence-corrected chi connectivity index (χ4v) is 3.79. The van der Waals surface area contributed by atoms with Crippen molar-refractivity contribution in [2.75, 3.05) is 11.2 Å². The first-order valence-corrected chi connectivity index (χ1v) is 8.69. The highest BCUT2D eigenvalue weighted by atomic mass is 32.2. The summed E-state index contributed by atoms with van der Waals surface area (Å²) in [4.78, 5) is 4.05. The first-order chi connectivity index (χ1) is 8.73. The Hall–Kier alpha value is -0.440. The lowest BCUT2D eigenvalue weighted by molar-refractivity contribution is 0.427. The van der Waals surface area contributed by atoms with E-state index < -0.39 is 0 Å². The number of hydrogen-bond donors (Lipinski definition) is 0. The molecule has 0 heterocycles. The summed E-state index contributed by atoms with van der Waals surface area (Å²) in [6.07, 6.45) is 2.19. The first kappa shape index (κ1) is 16.6. The van der Waals surface area contributed by atoms with E-state index in [1.807, 2.05) is 11.8 Å². The van der Waals surface area contributed by atoms with Crippen molar-refractivity contribution in [2.45, 2.75) is 84.5 Å². The number of nitrogens with zero attached hydrogens (tertiary/aromatic N) is 2. The third-order valence-electron chi connectivity index (χ3n) is 3.54. The van der Waals surface area contributed by atoms with Gasteiger partial charge in [-0.1, -0.05) is 0 Å². The van der Waals surface area contributed by atoms with Crippen LogP contribution in [0.3, 0.4) is 0 Å². The molecule has 0 N–H and O–H groups in total. The van der Waals surface area contributed by atoms with Gasteiger partial charge in [0, 0.05) is 12.1 Å². The number of hydrogen-bond acceptors (Lipinski definition) is 2. The minimum Gasteiger partial charge on any atom is -0.360 e. The minimum absolute atomic E-state index is 0.552. The van der Waals surface area contributed by atoms with Crippen molar-refractivity contribution in [1.29, 1.82) is 0 Å². The molecule has 0 amide bonds. The molecule has 1 aromatic rings. The molecule has 2 nitrogen and oxygen atoms in total. The van der Waals surface area contributed by atoms with Crippen LogP contribution in [0.25, 0.3) is 0 Å². The molecule has 19 heavy (non-hydrogen) atoms. The Kier molecular flexibility index (Phi) is 5.54. The zero-order valence-electron chi connectivity index (χ0n) is 14.1. The summed E-state index contributed by atoms with van der Waals surface area (Å²) in [5.41, 5.74) is 1.49. The summed E-state index contributed by atoms with van der Waals surface area (Å²) < 4.78 is 2.55. The van der Waals surface area contributed by atoms with Crippen molar-refractivity contribution in [2.24, 2.45) is 0 Å². The summed E-state index contributed by atoms with van der Waals surface area (Å²) in [5.74, 6) is 0. The smallest absolute Gasteiger partial charge is 0.241 e. The van der Waals surface area contributed by atoms with Gasteiger partial charge < -0.3 is 4.90 Å². The molecule has 0 aliphatic heterocycles.